The van der Waals surface area contributed by atoms with Gasteiger partial charge in [0.05, 0.1) is 23.8 Å². The Labute approximate surface area is 165 Å². The maximum Gasteiger partial charge on any atom is 0.174 e. The first-order valence-corrected chi connectivity index (χ1v) is 8.92. The normalized spacial score (nSPS) is 14.9. The molecule has 3 aromatic rings. The van der Waals surface area contributed by atoms with E-state index < -0.39 is 11.6 Å². The summed E-state index contributed by atoms with van der Waals surface area (Å²) < 4.78 is 40.6. The number of hydrogen-bond acceptors (Lipinski definition) is 3. The van der Waals surface area contributed by atoms with E-state index in [1.165, 1.54) is 25.3 Å². The molecule has 1 aliphatic heterocycles. The molecular weight excluding hydrogens is 384 g/mol. The van der Waals surface area contributed by atoms with E-state index in [1.54, 1.807) is 0 Å². The molecule has 0 saturated heterocycles. The third kappa shape index (κ3) is 2.87. The van der Waals surface area contributed by atoms with Crippen molar-refractivity contribution < 1.29 is 18.3 Å². The summed E-state index contributed by atoms with van der Waals surface area (Å²) in [5.74, 6) is -1.27. The lowest BCUT2D eigenvalue weighted by molar-refractivity contribution is 0.238. The summed E-state index contributed by atoms with van der Waals surface area (Å²) in [5, 5.41) is 9.23. The molecular formula is C22H14ClF2NO2. The largest absolute Gasteiger partial charge is 0.494 e. The summed E-state index contributed by atoms with van der Waals surface area (Å²) in [6.45, 7) is 0. The molecule has 1 aliphatic rings. The smallest absolute Gasteiger partial charge is 0.174 e. The van der Waals surface area contributed by atoms with E-state index in [9.17, 15) is 9.65 Å². The molecule has 1 atom stereocenters. The number of fused-ring (bicyclic) bond motifs is 1. The van der Waals surface area contributed by atoms with E-state index in [0.29, 0.717) is 12.0 Å². The first-order chi connectivity index (χ1) is 13.5. The van der Waals surface area contributed by atoms with Crippen molar-refractivity contribution in [3.63, 3.8) is 0 Å². The highest BCUT2D eigenvalue weighted by molar-refractivity contribution is 6.34. The molecule has 1 heterocycles. The minimum atomic E-state index is -0.764. The zero-order valence-electron chi connectivity index (χ0n) is 14.8. The van der Waals surface area contributed by atoms with Crippen molar-refractivity contribution in [2.75, 3.05) is 7.11 Å². The van der Waals surface area contributed by atoms with Crippen molar-refractivity contribution in [1.82, 2.24) is 0 Å². The minimum Gasteiger partial charge on any atom is -0.494 e. The van der Waals surface area contributed by atoms with Gasteiger partial charge in [-0.1, -0.05) is 41.9 Å². The minimum absolute atomic E-state index is 0.0381. The van der Waals surface area contributed by atoms with Gasteiger partial charge in [0.15, 0.2) is 11.6 Å². The second-order valence-electron chi connectivity index (χ2n) is 6.36. The molecule has 3 aromatic carbocycles. The Morgan fingerprint density at radius 3 is 2.57 bits per heavy atom. The van der Waals surface area contributed by atoms with Gasteiger partial charge in [-0.15, -0.1) is 0 Å². The van der Waals surface area contributed by atoms with E-state index in [2.05, 4.69) is 0 Å². The van der Waals surface area contributed by atoms with Gasteiger partial charge < -0.3 is 9.47 Å². The van der Waals surface area contributed by atoms with Gasteiger partial charge >= 0.3 is 0 Å². The molecule has 0 aromatic heterocycles. The molecule has 28 heavy (non-hydrogen) atoms. The van der Waals surface area contributed by atoms with Crippen LogP contribution in [0.2, 0.25) is 5.02 Å². The van der Waals surface area contributed by atoms with Gasteiger partial charge in [0.1, 0.15) is 17.7 Å². The van der Waals surface area contributed by atoms with Gasteiger partial charge in [-0.25, -0.2) is 8.78 Å². The summed E-state index contributed by atoms with van der Waals surface area (Å²) in [5.41, 5.74) is 1.55. The summed E-state index contributed by atoms with van der Waals surface area (Å²) in [6, 6.07) is 15.4. The van der Waals surface area contributed by atoms with Crippen LogP contribution in [0.3, 0.4) is 0 Å². The molecule has 0 saturated carbocycles. The molecule has 1 unspecified atom stereocenters. The Bertz CT molecular complexity index is 1110. The van der Waals surface area contributed by atoms with Crippen molar-refractivity contribution in [2.24, 2.45) is 0 Å². The lowest BCUT2D eigenvalue weighted by atomic mass is 9.91. The van der Waals surface area contributed by atoms with Crippen LogP contribution in [0, 0.1) is 23.0 Å². The van der Waals surface area contributed by atoms with Gasteiger partial charge in [-0.05, 0) is 17.7 Å². The summed E-state index contributed by atoms with van der Waals surface area (Å²) >= 11 is 6.25. The molecule has 0 radical (unpaired) electrons. The number of nitrogens with zero attached hydrogens (tertiary/aromatic N) is 1. The van der Waals surface area contributed by atoms with Crippen molar-refractivity contribution in [1.29, 1.82) is 5.26 Å². The quantitative estimate of drug-likeness (QED) is 0.557. The van der Waals surface area contributed by atoms with E-state index in [1.807, 2.05) is 36.4 Å². The fourth-order valence-corrected chi connectivity index (χ4v) is 3.76. The average molecular weight is 398 g/mol. The number of rotatable bonds is 3. The molecule has 0 aliphatic carbocycles. The molecule has 0 spiro atoms. The molecule has 6 heteroatoms. The highest BCUT2D eigenvalue weighted by atomic mass is 35.5. The number of nitriles is 1. The van der Waals surface area contributed by atoms with Crippen LogP contribution >= 0.6 is 11.6 Å². The Morgan fingerprint density at radius 2 is 1.89 bits per heavy atom. The third-order valence-corrected chi connectivity index (χ3v) is 5.18. The van der Waals surface area contributed by atoms with Crippen molar-refractivity contribution in [3.8, 4) is 28.7 Å². The second kappa shape index (κ2) is 7.14. The van der Waals surface area contributed by atoms with Crippen LogP contribution in [-0.4, -0.2) is 7.11 Å². The Morgan fingerprint density at radius 1 is 1.14 bits per heavy atom. The summed E-state index contributed by atoms with van der Waals surface area (Å²) in [6.07, 6.45) is 0.0166. The van der Waals surface area contributed by atoms with E-state index in [-0.39, 0.29) is 39.3 Å². The fraction of sp³-hybridized carbons (Fsp3) is 0.136. The molecule has 0 bridgehead atoms. The Balaban J connectivity index is 1.94. The molecule has 3 nitrogen and oxygen atoms in total. The van der Waals surface area contributed by atoms with Gasteiger partial charge in [-0.3, -0.25) is 0 Å². The molecule has 0 N–H and O–H groups in total. The number of methoxy groups -OCH3 is 1. The predicted molar refractivity (Wildman–Crippen MR) is 102 cm³/mol. The van der Waals surface area contributed by atoms with Crippen molar-refractivity contribution in [3.05, 3.63) is 81.9 Å². The number of hydrogen-bond donors (Lipinski definition) is 0. The van der Waals surface area contributed by atoms with Gasteiger partial charge in [-0.2, -0.15) is 5.26 Å². The highest BCUT2D eigenvalue weighted by Crippen LogP contribution is 2.48. The fourth-order valence-electron chi connectivity index (χ4n) is 3.50. The van der Waals surface area contributed by atoms with E-state index in [0.717, 1.165) is 5.56 Å². The average Bonchev–Trinajstić information content (AvgIpc) is 3.13. The Hall–Kier alpha value is -3.10. The zero-order chi connectivity index (χ0) is 19.8. The number of ether oxygens (including phenoxy) is 2. The van der Waals surface area contributed by atoms with Gasteiger partial charge in [0, 0.05) is 29.2 Å². The van der Waals surface area contributed by atoms with Gasteiger partial charge in [0.2, 0.25) is 0 Å². The summed E-state index contributed by atoms with van der Waals surface area (Å²) in [7, 11) is 1.32. The number of benzene rings is 3. The lowest BCUT2D eigenvalue weighted by Gasteiger charge is -2.14. The second-order valence-corrected chi connectivity index (χ2v) is 6.74. The van der Waals surface area contributed by atoms with Crippen LogP contribution in [0.15, 0.2) is 48.5 Å². The van der Waals surface area contributed by atoms with Crippen LogP contribution in [0.4, 0.5) is 8.78 Å². The van der Waals surface area contributed by atoms with Crippen LogP contribution in [0.25, 0.3) is 11.1 Å². The zero-order valence-corrected chi connectivity index (χ0v) is 15.6. The predicted octanol–water partition coefficient (Wildman–Crippen LogP) is 5.84. The molecule has 4 rings (SSSR count). The molecule has 140 valence electrons. The van der Waals surface area contributed by atoms with Crippen LogP contribution < -0.4 is 9.47 Å². The van der Waals surface area contributed by atoms with Gasteiger partial charge in [0.25, 0.3) is 0 Å². The lowest BCUT2D eigenvalue weighted by Crippen LogP contribution is -2.02. The van der Waals surface area contributed by atoms with Crippen LogP contribution in [-0.2, 0) is 6.42 Å². The monoisotopic (exact) mass is 397 g/mol. The number of halogens is 3. The SMILES string of the molecule is COc1ccc(C#N)c(-c2c(Cl)c(F)cc3c2CC(c2ccccc2)O3)c1F. The first kappa shape index (κ1) is 18.3. The summed E-state index contributed by atoms with van der Waals surface area (Å²) in [4.78, 5) is 0. The topological polar surface area (TPSA) is 42.2 Å². The van der Waals surface area contributed by atoms with Crippen LogP contribution in [0.1, 0.15) is 22.8 Å². The Kier molecular flexibility index (Phi) is 4.66. The molecule has 0 fully saturated rings. The van der Waals surface area contributed by atoms with E-state index >= 15 is 4.39 Å². The van der Waals surface area contributed by atoms with E-state index in [4.69, 9.17) is 21.1 Å². The van der Waals surface area contributed by atoms with Crippen molar-refractivity contribution >= 4 is 11.6 Å². The third-order valence-electron chi connectivity index (χ3n) is 4.81. The van der Waals surface area contributed by atoms with Crippen molar-refractivity contribution in [2.45, 2.75) is 12.5 Å². The van der Waals surface area contributed by atoms with Crippen LogP contribution in [0.5, 0.6) is 11.5 Å². The first-order valence-electron chi connectivity index (χ1n) is 8.54. The molecule has 0 amide bonds. The maximum atomic E-state index is 15.1. The standard InChI is InChI=1S/C22H14ClF2NO2/c1-27-16-8-7-13(11-26)19(22(16)25)20-14-9-17(12-5-3-2-4-6-12)28-18(14)10-15(24)21(20)23/h2-8,10,17H,9H2,1H3. The maximum absolute atomic E-state index is 15.1. The highest BCUT2D eigenvalue weighted by Gasteiger charge is 2.32.